The first-order valence-corrected chi connectivity index (χ1v) is 6.98. The normalized spacial score (nSPS) is 16.3. The van der Waals surface area contributed by atoms with E-state index in [0.717, 1.165) is 0 Å². The van der Waals surface area contributed by atoms with Crippen molar-refractivity contribution in [1.29, 1.82) is 0 Å². The summed E-state index contributed by atoms with van der Waals surface area (Å²) in [5, 5.41) is -0.770. The van der Waals surface area contributed by atoms with Gasteiger partial charge in [-0.2, -0.15) is 0 Å². The van der Waals surface area contributed by atoms with Gasteiger partial charge in [-0.15, -0.1) is 0 Å². The minimum Gasteiger partial charge on any atom is -0.392 e. The van der Waals surface area contributed by atoms with E-state index in [1.165, 1.54) is 0 Å². The van der Waals surface area contributed by atoms with Crippen molar-refractivity contribution in [3.63, 3.8) is 0 Å². The maximum Gasteiger partial charge on any atom is 0.221 e. The molecule has 0 aliphatic carbocycles. The van der Waals surface area contributed by atoms with E-state index in [2.05, 4.69) is 4.72 Å². The molecule has 0 saturated heterocycles. The number of hydrogen-bond acceptors (Lipinski definition) is 3. The van der Waals surface area contributed by atoms with Crippen LogP contribution in [0.3, 0.4) is 0 Å². The molecule has 0 heterocycles. The highest BCUT2D eigenvalue weighted by Gasteiger charge is 2.28. The van der Waals surface area contributed by atoms with Crippen LogP contribution in [-0.2, 0) is 10.0 Å². The molecular formula is C9H20N2O2S2. The van der Waals surface area contributed by atoms with Crippen molar-refractivity contribution in [3.05, 3.63) is 0 Å². The Labute approximate surface area is 97.7 Å². The van der Waals surface area contributed by atoms with Gasteiger partial charge in [-0.1, -0.05) is 33.0 Å². The van der Waals surface area contributed by atoms with E-state index in [-0.39, 0.29) is 16.9 Å². The number of sulfonamides is 1. The van der Waals surface area contributed by atoms with Crippen LogP contribution < -0.4 is 10.5 Å². The second kappa shape index (κ2) is 5.77. The highest BCUT2D eigenvalue weighted by molar-refractivity contribution is 7.93. The van der Waals surface area contributed by atoms with Crippen molar-refractivity contribution in [2.45, 2.75) is 45.4 Å². The lowest BCUT2D eigenvalue weighted by Crippen LogP contribution is -2.46. The minimum absolute atomic E-state index is 0.0287. The fraction of sp³-hybridized carbons (Fsp3) is 0.889. The topological polar surface area (TPSA) is 72.2 Å². The molecule has 2 atom stereocenters. The second-order valence-corrected chi connectivity index (χ2v) is 6.36. The molecule has 0 aromatic rings. The summed E-state index contributed by atoms with van der Waals surface area (Å²) in [5.41, 5.74) is 5.40. The molecule has 0 fully saturated rings. The number of nitrogens with one attached hydrogen (secondary N) is 1. The molecule has 0 bridgehead atoms. The molecule has 0 aliphatic rings. The van der Waals surface area contributed by atoms with E-state index in [1.807, 2.05) is 20.8 Å². The molecule has 0 saturated carbocycles. The molecule has 0 spiro atoms. The third-order valence-corrected chi connectivity index (χ3v) is 4.88. The highest BCUT2D eigenvalue weighted by atomic mass is 32.2. The van der Waals surface area contributed by atoms with Gasteiger partial charge in [0.15, 0.2) is 0 Å². The lowest BCUT2D eigenvalue weighted by atomic mass is 10.1. The Hall–Kier alpha value is -0.200. The number of thiocarbonyl (C=S) groups is 1. The van der Waals surface area contributed by atoms with Crippen molar-refractivity contribution in [2.75, 3.05) is 0 Å². The maximum absolute atomic E-state index is 11.8. The summed E-state index contributed by atoms with van der Waals surface area (Å²) in [6.45, 7) is 7.49. The Kier molecular flexibility index (Phi) is 5.69. The number of hydrogen-bond donors (Lipinski definition) is 2. The average Bonchev–Trinajstić information content (AvgIpc) is 2.02. The van der Waals surface area contributed by atoms with E-state index in [1.54, 1.807) is 6.92 Å². The molecule has 15 heavy (non-hydrogen) atoms. The lowest BCUT2D eigenvalue weighted by molar-refractivity contribution is 0.474. The quantitative estimate of drug-likeness (QED) is 0.692. The molecule has 0 aromatic heterocycles. The van der Waals surface area contributed by atoms with Gasteiger partial charge >= 0.3 is 0 Å². The van der Waals surface area contributed by atoms with Crippen LogP contribution in [0.25, 0.3) is 0 Å². The Balaban J connectivity index is 4.75. The van der Waals surface area contributed by atoms with Crippen LogP contribution in [0.5, 0.6) is 0 Å². The number of nitrogens with two attached hydrogens (primary N) is 1. The molecule has 0 aliphatic heterocycles. The van der Waals surface area contributed by atoms with E-state index < -0.39 is 15.3 Å². The van der Waals surface area contributed by atoms with Gasteiger partial charge in [0.25, 0.3) is 0 Å². The van der Waals surface area contributed by atoms with Crippen molar-refractivity contribution in [2.24, 2.45) is 11.7 Å². The van der Waals surface area contributed by atoms with Gasteiger partial charge in [0.1, 0.15) is 5.25 Å². The van der Waals surface area contributed by atoms with E-state index in [9.17, 15) is 8.42 Å². The Morgan fingerprint density at radius 2 is 1.87 bits per heavy atom. The molecule has 6 heteroatoms. The van der Waals surface area contributed by atoms with Gasteiger partial charge in [-0.05, 0) is 19.3 Å². The third kappa shape index (κ3) is 4.44. The first-order chi connectivity index (χ1) is 6.72. The fourth-order valence-electron chi connectivity index (χ4n) is 1.05. The van der Waals surface area contributed by atoms with Gasteiger partial charge in [0, 0.05) is 6.04 Å². The molecule has 3 N–H and O–H groups in total. The summed E-state index contributed by atoms with van der Waals surface area (Å²) in [4.78, 5) is 0.0287. The smallest absolute Gasteiger partial charge is 0.221 e. The zero-order valence-electron chi connectivity index (χ0n) is 9.65. The van der Waals surface area contributed by atoms with Gasteiger partial charge < -0.3 is 5.73 Å². The van der Waals surface area contributed by atoms with Crippen LogP contribution in [0.4, 0.5) is 0 Å². The van der Waals surface area contributed by atoms with Crippen molar-refractivity contribution >= 4 is 27.2 Å². The van der Waals surface area contributed by atoms with E-state index >= 15 is 0 Å². The third-order valence-electron chi connectivity index (χ3n) is 2.41. The van der Waals surface area contributed by atoms with Crippen LogP contribution in [0.1, 0.15) is 34.1 Å². The lowest BCUT2D eigenvalue weighted by Gasteiger charge is -2.21. The van der Waals surface area contributed by atoms with E-state index in [0.29, 0.717) is 6.42 Å². The molecule has 2 unspecified atom stereocenters. The van der Waals surface area contributed by atoms with Gasteiger partial charge in [-0.3, -0.25) is 0 Å². The highest BCUT2D eigenvalue weighted by Crippen LogP contribution is 2.09. The zero-order chi connectivity index (χ0) is 12.2. The molecule has 90 valence electrons. The first kappa shape index (κ1) is 14.8. The standard InChI is InChI=1S/C9H20N2O2S2/c1-5-8(9(10)14)15(12,13)11-7(4)6(2)3/h6-8,11H,5H2,1-4H3,(H2,10,14). The molecule has 4 nitrogen and oxygen atoms in total. The Morgan fingerprint density at radius 3 is 2.13 bits per heavy atom. The molecule has 0 radical (unpaired) electrons. The van der Waals surface area contributed by atoms with Crippen LogP contribution in [0.15, 0.2) is 0 Å². The SMILES string of the molecule is CCC(C(N)=S)S(=O)(=O)NC(C)C(C)C. The molecule has 0 aromatic carbocycles. The Morgan fingerprint density at radius 1 is 1.40 bits per heavy atom. The van der Waals surface area contributed by atoms with Crippen LogP contribution >= 0.6 is 12.2 Å². The van der Waals surface area contributed by atoms with Crippen LogP contribution in [-0.4, -0.2) is 24.7 Å². The summed E-state index contributed by atoms with van der Waals surface area (Å²) in [7, 11) is -3.43. The molecule has 0 amide bonds. The van der Waals surface area contributed by atoms with Crippen LogP contribution in [0, 0.1) is 5.92 Å². The van der Waals surface area contributed by atoms with Crippen molar-refractivity contribution in [1.82, 2.24) is 4.72 Å². The summed E-state index contributed by atoms with van der Waals surface area (Å²) < 4.78 is 26.3. The average molecular weight is 252 g/mol. The summed E-state index contributed by atoms with van der Waals surface area (Å²) in [6.07, 6.45) is 0.398. The monoisotopic (exact) mass is 252 g/mol. The number of rotatable bonds is 6. The van der Waals surface area contributed by atoms with E-state index in [4.69, 9.17) is 18.0 Å². The largest absolute Gasteiger partial charge is 0.392 e. The van der Waals surface area contributed by atoms with Gasteiger partial charge in [0.2, 0.25) is 10.0 Å². The first-order valence-electron chi connectivity index (χ1n) is 5.02. The van der Waals surface area contributed by atoms with Gasteiger partial charge in [-0.25, -0.2) is 13.1 Å². The molecule has 0 rings (SSSR count). The van der Waals surface area contributed by atoms with Gasteiger partial charge in [0.05, 0.1) is 4.99 Å². The summed E-state index contributed by atoms with van der Waals surface area (Å²) in [5.74, 6) is 0.239. The zero-order valence-corrected chi connectivity index (χ0v) is 11.3. The second-order valence-electron chi connectivity index (χ2n) is 3.99. The predicted octanol–water partition coefficient (Wildman–Crippen LogP) is 1.01. The Bertz CT molecular complexity index is 312. The van der Waals surface area contributed by atoms with Crippen molar-refractivity contribution < 1.29 is 8.42 Å². The van der Waals surface area contributed by atoms with Crippen molar-refractivity contribution in [3.8, 4) is 0 Å². The summed E-state index contributed by atoms with van der Waals surface area (Å²) >= 11 is 4.74. The van der Waals surface area contributed by atoms with Crippen LogP contribution in [0.2, 0.25) is 0 Å². The summed E-state index contributed by atoms with van der Waals surface area (Å²) in [6, 6.07) is -0.113. The predicted molar refractivity (Wildman–Crippen MR) is 67.2 cm³/mol. The fourth-order valence-corrected chi connectivity index (χ4v) is 3.30. The minimum atomic E-state index is -3.43. The molecular weight excluding hydrogens is 232 g/mol. The maximum atomic E-state index is 11.8.